The number of hydrogen-bond acceptors (Lipinski definition) is 14. The standard InChI is InChI=1S/2C20H23Cl3N2O6S.Hg/c2*1-11(19(29-2)30-3)15(18(28)31-10-20(21,22)23)25-16(27)14(17(25)32)24-13(26)9-12-7-5-4-6-8-12;/h2*4-8,14,17,19,32H,9-10H2,1-3H3,(H,24,26);/q;;+2/p-2/b2*15-11-;. The predicted molar refractivity (Wildman–Crippen MR) is 244 cm³/mol. The van der Waals surface area contributed by atoms with Crippen molar-refractivity contribution in [2.45, 2.75) is 69.7 Å². The molecule has 0 aromatic heterocycles. The van der Waals surface area contributed by atoms with E-state index in [9.17, 15) is 28.8 Å². The first-order valence-corrected chi connectivity index (χ1v) is 37.1. The first-order chi connectivity index (χ1) is 30.7. The number of benzene rings is 2. The fraction of sp³-hybridized carbons (Fsp3) is 0.450. The molecule has 2 fully saturated rings. The van der Waals surface area contributed by atoms with Crippen LogP contribution in [0.2, 0.25) is 0 Å². The van der Waals surface area contributed by atoms with Crippen molar-refractivity contribution in [1.29, 1.82) is 0 Å². The second kappa shape index (κ2) is 25.5. The number of ether oxygens (including phenoxy) is 6. The van der Waals surface area contributed by atoms with Crippen LogP contribution in [0.3, 0.4) is 0 Å². The molecule has 0 bridgehead atoms. The van der Waals surface area contributed by atoms with Gasteiger partial charge in [0.1, 0.15) is 0 Å². The molecule has 4 atom stereocenters. The van der Waals surface area contributed by atoms with Crippen molar-refractivity contribution in [2.24, 2.45) is 0 Å². The Morgan fingerprint density at radius 3 is 1.23 bits per heavy atom. The number of alkyl halides is 6. The summed E-state index contributed by atoms with van der Waals surface area (Å²) >= 11 is 32.7. The van der Waals surface area contributed by atoms with Crippen LogP contribution in [-0.2, 0) is 91.6 Å². The first-order valence-electron chi connectivity index (χ1n) is 19.2. The summed E-state index contributed by atoms with van der Waals surface area (Å²) in [6, 6.07) is 15.4. The van der Waals surface area contributed by atoms with Crippen molar-refractivity contribution < 1.29 is 78.7 Å². The summed E-state index contributed by atoms with van der Waals surface area (Å²) in [5.41, 5.74) is 1.07. The summed E-state index contributed by atoms with van der Waals surface area (Å²) in [5.74, 6) is -4.37. The minimum atomic E-state index is -2.72. The molecule has 0 spiro atoms. The Bertz CT molecular complexity index is 1950. The van der Waals surface area contributed by atoms with E-state index in [0.717, 1.165) is 9.80 Å². The molecule has 2 aliphatic rings. The van der Waals surface area contributed by atoms with E-state index in [-0.39, 0.29) is 35.4 Å². The van der Waals surface area contributed by atoms with Gasteiger partial charge in [0.05, 0.1) is 0 Å². The summed E-state index contributed by atoms with van der Waals surface area (Å²) in [7, 11) is 7.89. The van der Waals surface area contributed by atoms with Gasteiger partial charge >= 0.3 is 426 Å². The van der Waals surface area contributed by atoms with Gasteiger partial charge in [0.25, 0.3) is 0 Å². The molecular weight excluding hydrogens is 1210 g/mol. The number of esters is 2. The molecule has 0 aliphatic carbocycles. The van der Waals surface area contributed by atoms with Crippen molar-refractivity contribution in [2.75, 3.05) is 41.7 Å². The fourth-order valence-electron chi connectivity index (χ4n) is 6.65. The Hall–Kier alpha value is -2.04. The van der Waals surface area contributed by atoms with E-state index >= 15 is 0 Å². The average Bonchev–Trinajstić information content (AvgIpc) is 3.26. The number of β-lactam (4-membered cyclic amide) rings is 2. The molecule has 16 nitrogen and oxygen atoms in total. The molecule has 0 saturated carbocycles. The molecule has 25 heteroatoms. The third-order valence-corrected chi connectivity index (χ3v) is 30.4. The quantitative estimate of drug-likeness (QED) is 0.0361. The molecule has 2 heterocycles. The number of rotatable bonds is 22. The molecule has 2 aromatic carbocycles. The number of nitrogens with one attached hydrogen (secondary N) is 2. The molecule has 2 aliphatic heterocycles. The molecule has 2 aromatic rings. The van der Waals surface area contributed by atoms with Gasteiger partial charge in [0.2, 0.25) is 0 Å². The van der Waals surface area contributed by atoms with Crippen LogP contribution in [-0.4, -0.2) is 130 Å². The van der Waals surface area contributed by atoms with Gasteiger partial charge in [-0.05, 0) is 0 Å². The number of halogens is 6. The maximum atomic E-state index is 14.2. The van der Waals surface area contributed by atoms with Crippen LogP contribution >= 0.6 is 86.1 Å². The van der Waals surface area contributed by atoms with Crippen LogP contribution in [0.4, 0.5) is 0 Å². The Kier molecular flexibility index (Phi) is 21.8. The topological polar surface area (TPSA) is 188 Å². The van der Waals surface area contributed by atoms with E-state index in [1.165, 1.54) is 58.8 Å². The number of carbonyl (C=O) groups excluding carboxylic acids is 6. The van der Waals surface area contributed by atoms with Crippen molar-refractivity contribution in [3.63, 3.8) is 0 Å². The van der Waals surface area contributed by atoms with Gasteiger partial charge in [-0.15, -0.1) is 0 Å². The number of hydrogen-bond donors (Lipinski definition) is 2. The summed E-state index contributed by atoms with van der Waals surface area (Å²) in [6.45, 7) is 1.62. The first kappa shape index (κ1) is 55.6. The van der Waals surface area contributed by atoms with Crippen molar-refractivity contribution in [3.05, 3.63) is 94.3 Å². The number of methoxy groups -OCH3 is 4. The maximum absolute atomic E-state index is 14.2. The zero-order valence-corrected chi connectivity index (χ0v) is 47.3. The average molecular weight is 1250 g/mol. The second-order valence-corrected chi connectivity index (χ2v) is 37.7. The summed E-state index contributed by atoms with van der Waals surface area (Å²) in [6.07, 6.45) is -2.39. The van der Waals surface area contributed by atoms with Crippen LogP contribution in [0.15, 0.2) is 83.2 Å². The SMILES string of the molecule is COC(OC)/C(C)=C(/C(=O)OCC(Cl)(Cl)Cl)N1C(=O)C(NC(=O)Cc2ccccc2)C1[S][Hg][S]C1C(NC(=O)Cc2ccccc2)C(=O)N1/C(C(=O)OCC(Cl)(Cl)Cl)=C(/C)C(OC)OC. The Morgan fingerprint density at radius 2 is 0.938 bits per heavy atom. The number of likely N-dealkylation sites (tertiary alicyclic amines) is 2. The molecule has 352 valence electrons. The van der Waals surface area contributed by atoms with Gasteiger partial charge in [0.15, 0.2) is 0 Å². The van der Waals surface area contributed by atoms with Crippen LogP contribution in [0.25, 0.3) is 0 Å². The van der Waals surface area contributed by atoms with Gasteiger partial charge in [-0.3, -0.25) is 0 Å². The van der Waals surface area contributed by atoms with Crippen LogP contribution in [0.5, 0.6) is 0 Å². The van der Waals surface area contributed by atoms with Crippen molar-refractivity contribution >= 4 is 122 Å². The molecule has 0 radical (unpaired) electrons. The van der Waals surface area contributed by atoms with Gasteiger partial charge in [-0.1, -0.05) is 0 Å². The van der Waals surface area contributed by atoms with Gasteiger partial charge < -0.3 is 0 Å². The van der Waals surface area contributed by atoms with Crippen LogP contribution in [0.1, 0.15) is 25.0 Å². The summed E-state index contributed by atoms with van der Waals surface area (Å²) in [5, 5.41) is 3.76. The summed E-state index contributed by atoms with van der Waals surface area (Å²) < 4.78 is 28.4. The molecule has 65 heavy (non-hydrogen) atoms. The van der Waals surface area contributed by atoms with Crippen molar-refractivity contribution in [3.8, 4) is 0 Å². The molecular formula is C40H44Cl6HgN4O12S2. The van der Waals surface area contributed by atoms with E-state index in [2.05, 4.69) is 10.6 Å². The van der Waals surface area contributed by atoms with Crippen LogP contribution < -0.4 is 10.6 Å². The monoisotopic (exact) mass is 1250 g/mol. The summed E-state index contributed by atoms with van der Waals surface area (Å²) in [4.78, 5) is 85.3. The number of amides is 4. The van der Waals surface area contributed by atoms with Crippen molar-refractivity contribution in [1.82, 2.24) is 20.4 Å². The normalized spacial score (nSPS) is 19.4. The van der Waals surface area contributed by atoms with Gasteiger partial charge in [-0.25, -0.2) is 0 Å². The minimum absolute atomic E-state index is 0.0558. The third kappa shape index (κ3) is 15.5. The Balaban J connectivity index is 1.75. The Labute approximate surface area is 422 Å². The predicted octanol–water partition coefficient (Wildman–Crippen LogP) is 5.77. The zero-order chi connectivity index (χ0) is 48.2. The molecule has 2 saturated heterocycles. The van der Waals surface area contributed by atoms with E-state index < -0.39 is 113 Å². The Morgan fingerprint density at radius 1 is 0.615 bits per heavy atom. The molecule has 4 amide bonds. The molecule has 4 unspecified atom stereocenters. The van der Waals surface area contributed by atoms with E-state index in [1.54, 1.807) is 60.7 Å². The second-order valence-electron chi connectivity index (χ2n) is 14.1. The van der Waals surface area contributed by atoms with E-state index in [0.29, 0.717) is 11.1 Å². The van der Waals surface area contributed by atoms with E-state index in [4.69, 9.17) is 98.0 Å². The zero-order valence-electron chi connectivity index (χ0n) is 35.7. The van der Waals surface area contributed by atoms with E-state index in [1.807, 2.05) is 0 Å². The number of nitrogens with zero attached hydrogens (tertiary/aromatic N) is 2. The number of carbonyl (C=O) groups is 6. The third-order valence-electron chi connectivity index (χ3n) is 9.52. The fourth-order valence-corrected chi connectivity index (χ4v) is 30.4. The molecule has 4 rings (SSSR count). The van der Waals surface area contributed by atoms with Crippen LogP contribution in [0, 0.1) is 0 Å². The molecule has 2 N–H and O–H groups in total. The van der Waals surface area contributed by atoms with Gasteiger partial charge in [-0.2, -0.15) is 0 Å². The van der Waals surface area contributed by atoms with Gasteiger partial charge in [0, 0.05) is 0 Å².